The summed E-state index contributed by atoms with van der Waals surface area (Å²) < 4.78 is 5.35. The van der Waals surface area contributed by atoms with Crippen LogP contribution in [0.15, 0.2) is 59.7 Å². The SMILES string of the molecule is Cc1cccc(OCC(=O)NCC(=O)NN=Cc2ccccc2)c1. The number of carbonyl (C=O) groups excluding carboxylic acids is 2. The summed E-state index contributed by atoms with van der Waals surface area (Å²) in [7, 11) is 0. The summed E-state index contributed by atoms with van der Waals surface area (Å²) in [5.41, 5.74) is 4.26. The van der Waals surface area contributed by atoms with E-state index in [2.05, 4.69) is 15.8 Å². The van der Waals surface area contributed by atoms with Crippen molar-refractivity contribution in [3.63, 3.8) is 0 Å². The molecule has 2 rings (SSSR count). The number of hydrogen-bond donors (Lipinski definition) is 2. The summed E-state index contributed by atoms with van der Waals surface area (Å²) in [6, 6.07) is 16.7. The molecule has 0 saturated carbocycles. The molecule has 0 aromatic heterocycles. The Morgan fingerprint density at radius 3 is 2.62 bits per heavy atom. The Bertz CT molecular complexity index is 714. The first-order valence-electron chi connectivity index (χ1n) is 7.46. The number of hydrazone groups is 1. The number of amides is 2. The van der Waals surface area contributed by atoms with Gasteiger partial charge in [-0.1, -0.05) is 42.5 Å². The molecular formula is C18H19N3O3. The van der Waals surface area contributed by atoms with Gasteiger partial charge in [0.05, 0.1) is 12.8 Å². The number of nitrogens with zero attached hydrogens (tertiary/aromatic N) is 1. The fourth-order valence-electron chi connectivity index (χ4n) is 1.84. The van der Waals surface area contributed by atoms with E-state index >= 15 is 0 Å². The Labute approximate surface area is 140 Å². The van der Waals surface area contributed by atoms with E-state index in [0.717, 1.165) is 11.1 Å². The van der Waals surface area contributed by atoms with Crippen LogP contribution >= 0.6 is 0 Å². The van der Waals surface area contributed by atoms with Crippen molar-refractivity contribution in [3.8, 4) is 5.75 Å². The van der Waals surface area contributed by atoms with E-state index in [1.165, 1.54) is 6.21 Å². The maximum atomic E-state index is 11.6. The lowest BCUT2D eigenvalue weighted by atomic mass is 10.2. The van der Waals surface area contributed by atoms with Gasteiger partial charge in [0.2, 0.25) is 0 Å². The van der Waals surface area contributed by atoms with Crippen LogP contribution in [0.25, 0.3) is 0 Å². The Hall–Kier alpha value is -3.15. The zero-order valence-corrected chi connectivity index (χ0v) is 13.4. The van der Waals surface area contributed by atoms with Gasteiger partial charge < -0.3 is 10.1 Å². The molecule has 2 aromatic carbocycles. The Morgan fingerprint density at radius 2 is 1.88 bits per heavy atom. The molecule has 0 unspecified atom stereocenters. The van der Waals surface area contributed by atoms with Crippen LogP contribution in [0.4, 0.5) is 0 Å². The normalized spacial score (nSPS) is 10.4. The minimum atomic E-state index is -0.411. The second kappa shape index (κ2) is 9.09. The van der Waals surface area contributed by atoms with Crippen molar-refractivity contribution in [2.24, 2.45) is 5.10 Å². The summed E-state index contributed by atoms with van der Waals surface area (Å²) in [5.74, 6) is -0.174. The lowest BCUT2D eigenvalue weighted by Gasteiger charge is -2.07. The summed E-state index contributed by atoms with van der Waals surface area (Å²) in [5, 5.41) is 6.28. The highest BCUT2D eigenvalue weighted by molar-refractivity contribution is 5.86. The first kappa shape index (κ1) is 17.2. The Morgan fingerprint density at radius 1 is 1.08 bits per heavy atom. The van der Waals surface area contributed by atoms with Crippen LogP contribution in [-0.2, 0) is 9.59 Å². The van der Waals surface area contributed by atoms with Crippen molar-refractivity contribution in [2.45, 2.75) is 6.92 Å². The van der Waals surface area contributed by atoms with Crippen molar-refractivity contribution >= 4 is 18.0 Å². The van der Waals surface area contributed by atoms with E-state index in [-0.39, 0.29) is 19.1 Å². The van der Waals surface area contributed by atoms with E-state index in [0.29, 0.717) is 5.75 Å². The number of hydrogen-bond acceptors (Lipinski definition) is 4. The zero-order valence-electron chi connectivity index (χ0n) is 13.4. The molecule has 0 heterocycles. The second-order valence-electron chi connectivity index (χ2n) is 5.09. The minimum Gasteiger partial charge on any atom is -0.484 e. The molecule has 0 radical (unpaired) electrons. The molecule has 124 valence electrons. The van der Waals surface area contributed by atoms with E-state index < -0.39 is 5.91 Å². The van der Waals surface area contributed by atoms with Crippen LogP contribution in [0.3, 0.4) is 0 Å². The Kier molecular flexibility index (Phi) is 6.52. The molecule has 0 aliphatic heterocycles. The third-order valence-corrected chi connectivity index (χ3v) is 3.01. The van der Waals surface area contributed by atoms with Gasteiger partial charge in [0.1, 0.15) is 5.75 Å². The van der Waals surface area contributed by atoms with Crippen LogP contribution < -0.4 is 15.5 Å². The van der Waals surface area contributed by atoms with Crippen LogP contribution in [0, 0.1) is 6.92 Å². The lowest BCUT2D eigenvalue weighted by molar-refractivity contribution is -0.127. The van der Waals surface area contributed by atoms with Crippen molar-refractivity contribution in [2.75, 3.05) is 13.2 Å². The molecule has 0 bridgehead atoms. The van der Waals surface area contributed by atoms with Crippen LogP contribution in [-0.4, -0.2) is 31.2 Å². The molecule has 0 fully saturated rings. The third kappa shape index (κ3) is 6.31. The fraction of sp³-hybridized carbons (Fsp3) is 0.167. The summed E-state index contributed by atoms with van der Waals surface area (Å²) in [6.45, 7) is 1.62. The standard InChI is InChI=1S/C18H19N3O3/c1-14-6-5-9-16(10-14)24-13-18(23)19-12-17(22)21-20-11-15-7-3-2-4-8-15/h2-11H,12-13H2,1H3,(H,19,23)(H,21,22). The van der Waals surface area contributed by atoms with Crippen molar-refractivity contribution in [3.05, 3.63) is 65.7 Å². The van der Waals surface area contributed by atoms with E-state index in [4.69, 9.17) is 4.74 Å². The quantitative estimate of drug-likeness (QED) is 0.600. The third-order valence-electron chi connectivity index (χ3n) is 3.01. The Balaban J connectivity index is 1.66. The predicted molar refractivity (Wildman–Crippen MR) is 91.9 cm³/mol. The highest BCUT2D eigenvalue weighted by Gasteiger charge is 2.05. The van der Waals surface area contributed by atoms with Gasteiger partial charge in [0.15, 0.2) is 6.61 Å². The summed E-state index contributed by atoms with van der Waals surface area (Å²) in [6.07, 6.45) is 1.53. The van der Waals surface area contributed by atoms with Gasteiger partial charge in [-0.25, -0.2) is 5.43 Å². The highest BCUT2D eigenvalue weighted by atomic mass is 16.5. The maximum Gasteiger partial charge on any atom is 0.259 e. The van der Waals surface area contributed by atoms with E-state index in [9.17, 15) is 9.59 Å². The zero-order chi connectivity index (χ0) is 17.2. The molecule has 0 atom stereocenters. The molecule has 2 N–H and O–H groups in total. The minimum absolute atomic E-state index is 0.149. The van der Waals surface area contributed by atoms with E-state index in [1.54, 1.807) is 6.07 Å². The number of aryl methyl sites for hydroxylation is 1. The molecule has 2 aromatic rings. The summed E-state index contributed by atoms with van der Waals surface area (Å²) >= 11 is 0. The molecule has 6 nitrogen and oxygen atoms in total. The van der Waals surface area contributed by atoms with E-state index in [1.807, 2.05) is 55.5 Å². The number of carbonyl (C=O) groups is 2. The van der Waals surface area contributed by atoms with Gasteiger partial charge in [0.25, 0.3) is 11.8 Å². The number of nitrogens with one attached hydrogen (secondary N) is 2. The second-order valence-corrected chi connectivity index (χ2v) is 5.09. The van der Waals surface area contributed by atoms with Gasteiger partial charge >= 0.3 is 0 Å². The molecule has 24 heavy (non-hydrogen) atoms. The molecule has 0 saturated heterocycles. The lowest BCUT2D eigenvalue weighted by Crippen LogP contribution is -2.37. The van der Waals surface area contributed by atoms with Crippen LogP contribution in [0.2, 0.25) is 0 Å². The molecule has 6 heteroatoms. The van der Waals surface area contributed by atoms with Gasteiger partial charge in [-0.3, -0.25) is 9.59 Å². The summed E-state index contributed by atoms with van der Waals surface area (Å²) in [4.78, 5) is 23.2. The fourth-order valence-corrected chi connectivity index (χ4v) is 1.84. The van der Waals surface area contributed by atoms with Crippen LogP contribution in [0.5, 0.6) is 5.75 Å². The highest BCUT2D eigenvalue weighted by Crippen LogP contribution is 2.11. The van der Waals surface area contributed by atoms with Crippen molar-refractivity contribution < 1.29 is 14.3 Å². The first-order chi connectivity index (χ1) is 11.6. The van der Waals surface area contributed by atoms with Crippen molar-refractivity contribution in [1.82, 2.24) is 10.7 Å². The van der Waals surface area contributed by atoms with Crippen molar-refractivity contribution in [1.29, 1.82) is 0 Å². The molecule has 0 aliphatic rings. The van der Waals surface area contributed by atoms with Gasteiger partial charge in [-0.05, 0) is 30.2 Å². The molecule has 0 spiro atoms. The average molecular weight is 325 g/mol. The number of ether oxygens (including phenoxy) is 1. The number of rotatable bonds is 7. The largest absolute Gasteiger partial charge is 0.484 e. The van der Waals surface area contributed by atoms with Gasteiger partial charge in [-0.15, -0.1) is 0 Å². The maximum absolute atomic E-state index is 11.6. The van der Waals surface area contributed by atoms with Gasteiger partial charge in [-0.2, -0.15) is 5.10 Å². The van der Waals surface area contributed by atoms with Gasteiger partial charge in [0, 0.05) is 0 Å². The predicted octanol–water partition coefficient (Wildman–Crippen LogP) is 1.64. The molecule has 2 amide bonds. The smallest absolute Gasteiger partial charge is 0.259 e. The van der Waals surface area contributed by atoms with Crippen LogP contribution in [0.1, 0.15) is 11.1 Å². The number of benzene rings is 2. The average Bonchev–Trinajstić information content (AvgIpc) is 2.59. The molecular weight excluding hydrogens is 306 g/mol. The first-order valence-corrected chi connectivity index (χ1v) is 7.46. The molecule has 0 aliphatic carbocycles. The monoisotopic (exact) mass is 325 g/mol. The topological polar surface area (TPSA) is 79.8 Å².